The van der Waals surface area contributed by atoms with Crippen molar-refractivity contribution in [1.82, 2.24) is 15.1 Å². The number of nitrogens with zero attached hydrogens (tertiary/aromatic N) is 2. The maximum Gasteiger partial charge on any atom is 0.243 e. The van der Waals surface area contributed by atoms with Gasteiger partial charge in [0.05, 0.1) is 6.10 Å². The van der Waals surface area contributed by atoms with E-state index in [1.165, 1.54) is 24.0 Å². The molecule has 1 amide bonds. The summed E-state index contributed by atoms with van der Waals surface area (Å²) in [6, 6.07) is 9.78. The lowest BCUT2D eigenvalue weighted by molar-refractivity contribution is -0.147. The third kappa shape index (κ3) is 3.62. The largest absolute Gasteiger partial charge is 0.381 e. The Labute approximate surface area is 174 Å². The molecule has 0 saturated carbocycles. The van der Waals surface area contributed by atoms with Crippen LogP contribution in [-0.2, 0) is 22.4 Å². The molecule has 0 aromatic heterocycles. The van der Waals surface area contributed by atoms with Crippen molar-refractivity contribution in [1.29, 1.82) is 0 Å². The van der Waals surface area contributed by atoms with Gasteiger partial charge in [-0.2, -0.15) is 0 Å². The summed E-state index contributed by atoms with van der Waals surface area (Å²) in [4.78, 5) is 18.4. The minimum atomic E-state index is -0.263. The van der Waals surface area contributed by atoms with E-state index in [0.29, 0.717) is 24.1 Å². The van der Waals surface area contributed by atoms with Gasteiger partial charge in [0.2, 0.25) is 5.91 Å². The summed E-state index contributed by atoms with van der Waals surface area (Å²) in [5, 5.41) is 3.95. The van der Waals surface area contributed by atoms with E-state index in [1.807, 2.05) is 0 Å². The van der Waals surface area contributed by atoms with Crippen LogP contribution in [0.25, 0.3) is 0 Å². The first-order chi connectivity index (χ1) is 14.2. The fourth-order valence-corrected chi connectivity index (χ4v) is 6.37. The molecule has 158 valence electrons. The van der Waals surface area contributed by atoms with Gasteiger partial charge < -0.3 is 15.0 Å². The lowest BCUT2D eigenvalue weighted by Gasteiger charge is -2.45. The van der Waals surface area contributed by atoms with E-state index in [9.17, 15) is 4.79 Å². The van der Waals surface area contributed by atoms with Crippen molar-refractivity contribution in [3.8, 4) is 0 Å². The van der Waals surface area contributed by atoms with E-state index in [-0.39, 0.29) is 5.54 Å². The van der Waals surface area contributed by atoms with Gasteiger partial charge in [0.25, 0.3) is 0 Å². The highest BCUT2D eigenvalue weighted by Gasteiger charge is 2.53. The van der Waals surface area contributed by atoms with Gasteiger partial charge in [-0.3, -0.25) is 9.69 Å². The summed E-state index contributed by atoms with van der Waals surface area (Å²) in [5.41, 5.74) is 2.72. The van der Waals surface area contributed by atoms with Crippen LogP contribution < -0.4 is 5.32 Å². The molecule has 3 saturated heterocycles. The third-order valence-electron chi connectivity index (χ3n) is 7.88. The number of benzene rings is 1. The number of piperidine rings is 2. The van der Waals surface area contributed by atoms with Gasteiger partial charge in [-0.1, -0.05) is 24.3 Å². The third-order valence-corrected chi connectivity index (χ3v) is 7.88. The second-order valence-electron chi connectivity index (χ2n) is 9.60. The van der Waals surface area contributed by atoms with Crippen molar-refractivity contribution in [3.63, 3.8) is 0 Å². The maximum absolute atomic E-state index is 13.7. The smallest absolute Gasteiger partial charge is 0.243 e. The standard InChI is InChI=1S/C24H35N3O2/c1-29-22-8-12-26(13-9-22)23(28)24-10-4-5-11-27(24)17-21(16-24)25-20-14-18-6-2-3-7-19(18)15-20/h2-3,6-7,20-22,25H,4-5,8-17H2,1H3/t21-,24+/m0/s1. The van der Waals surface area contributed by atoms with Crippen LogP contribution in [0.2, 0.25) is 0 Å². The minimum absolute atomic E-state index is 0.263. The van der Waals surface area contributed by atoms with Crippen LogP contribution in [0.15, 0.2) is 24.3 Å². The highest BCUT2D eigenvalue weighted by atomic mass is 16.5. The SMILES string of the molecule is COC1CCN(C(=O)[C@]23CCCCN2C[C@@H](NC2Cc4ccccc4C2)C3)CC1. The fraction of sp³-hybridized carbons (Fsp3) is 0.708. The maximum atomic E-state index is 13.7. The molecule has 5 nitrogen and oxygen atoms in total. The summed E-state index contributed by atoms with van der Waals surface area (Å²) in [5.74, 6) is 0.394. The number of methoxy groups -OCH3 is 1. The Hall–Kier alpha value is -1.43. The first-order valence-electron chi connectivity index (χ1n) is 11.6. The lowest BCUT2D eigenvalue weighted by atomic mass is 9.83. The predicted molar refractivity (Wildman–Crippen MR) is 114 cm³/mol. The quantitative estimate of drug-likeness (QED) is 0.847. The summed E-state index contributed by atoms with van der Waals surface area (Å²) in [6.07, 6.45) is 8.92. The number of nitrogens with one attached hydrogen (secondary N) is 1. The van der Waals surface area contributed by atoms with Crippen LogP contribution in [-0.4, -0.2) is 72.7 Å². The second kappa shape index (κ2) is 8.01. The highest BCUT2D eigenvalue weighted by Crippen LogP contribution is 2.40. The van der Waals surface area contributed by atoms with E-state index in [0.717, 1.165) is 64.7 Å². The molecule has 0 spiro atoms. The van der Waals surface area contributed by atoms with Gasteiger partial charge in [0, 0.05) is 38.8 Å². The monoisotopic (exact) mass is 397 g/mol. The van der Waals surface area contributed by atoms with Gasteiger partial charge in [-0.15, -0.1) is 0 Å². The number of hydrogen-bond donors (Lipinski definition) is 1. The molecule has 3 aliphatic heterocycles. The van der Waals surface area contributed by atoms with E-state index in [2.05, 4.69) is 39.4 Å². The molecule has 1 aromatic carbocycles. The van der Waals surface area contributed by atoms with Crippen LogP contribution >= 0.6 is 0 Å². The number of amides is 1. The Morgan fingerprint density at radius 2 is 1.79 bits per heavy atom. The zero-order valence-electron chi connectivity index (χ0n) is 17.7. The topological polar surface area (TPSA) is 44.8 Å². The van der Waals surface area contributed by atoms with Crippen LogP contribution in [0, 0.1) is 0 Å². The molecule has 3 heterocycles. The molecule has 29 heavy (non-hydrogen) atoms. The summed E-state index contributed by atoms with van der Waals surface area (Å²) in [7, 11) is 1.79. The normalized spacial score (nSPS) is 31.1. The van der Waals surface area contributed by atoms with Crippen molar-refractivity contribution in [2.45, 2.75) is 75.1 Å². The average Bonchev–Trinajstić information content (AvgIpc) is 3.34. The van der Waals surface area contributed by atoms with Crippen molar-refractivity contribution in [2.24, 2.45) is 0 Å². The highest BCUT2D eigenvalue weighted by molar-refractivity contribution is 5.87. The Morgan fingerprint density at radius 1 is 1.07 bits per heavy atom. The van der Waals surface area contributed by atoms with E-state index in [4.69, 9.17) is 4.74 Å². The van der Waals surface area contributed by atoms with E-state index >= 15 is 0 Å². The molecule has 3 fully saturated rings. The fourth-order valence-electron chi connectivity index (χ4n) is 6.37. The van der Waals surface area contributed by atoms with Crippen LogP contribution in [0.3, 0.4) is 0 Å². The molecule has 0 bridgehead atoms. The summed E-state index contributed by atoms with van der Waals surface area (Å²) in [6.45, 7) is 3.79. The molecular weight excluding hydrogens is 362 g/mol. The zero-order valence-corrected chi connectivity index (χ0v) is 17.7. The molecule has 1 aliphatic carbocycles. The van der Waals surface area contributed by atoms with Crippen LogP contribution in [0.1, 0.15) is 49.7 Å². The molecule has 2 atom stereocenters. The Kier molecular flexibility index (Phi) is 5.39. The predicted octanol–water partition coefficient (Wildman–Crippen LogP) is 2.38. The molecular formula is C24H35N3O2. The molecule has 0 unspecified atom stereocenters. The lowest BCUT2D eigenvalue weighted by Crippen LogP contribution is -2.59. The first kappa shape index (κ1) is 19.5. The first-order valence-corrected chi connectivity index (χ1v) is 11.6. The van der Waals surface area contributed by atoms with Crippen molar-refractivity contribution < 1.29 is 9.53 Å². The van der Waals surface area contributed by atoms with E-state index < -0.39 is 0 Å². The molecule has 1 aromatic rings. The van der Waals surface area contributed by atoms with Gasteiger partial charge in [0.1, 0.15) is 5.54 Å². The minimum Gasteiger partial charge on any atom is -0.381 e. The van der Waals surface area contributed by atoms with Crippen molar-refractivity contribution >= 4 is 5.91 Å². The van der Waals surface area contributed by atoms with Gasteiger partial charge in [-0.05, 0) is 69.0 Å². The van der Waals surface area contributed by atoms with E-state index in [1.54, 1.807) is 7.11 Å². The summed E-state index contributed by atoms with van der Waals surface area (Å²) >= 11 is 0. The van der Waals surface area contributed by atoms with Crippen molar-refractivity contribution in [3.05, 3.63) is 35.4 Å². The number of rotatable bonds is 4. The molecule has 5 heteroatoms. The molecule has 0 radical (unpaired) electrons. The van der Waals surface area contributed by atoms with Crippen LogP contribution in [0.5, 0.6) is 0 Å². The molecule has 1 N–H and O–H groups in total. The average molecular weight is 398 g/mol. The second-order valence-corrected chi connectivity index (χ2v) is 9.60. The zero-order chi connectivity index (χ0) is 19.8. The number of carbonyl (C=O) groups is 1. The number of carbonyl (C=O) groups excluding carboxylic acids is 1. The van der Waals surface area contributed by atoms with Crippen LogP contribution in [0.4, 0.5) is 0 Å². The number of fused-ring (bicyclic) bond motifs is 2. The molecule has 5 rings (SSSR count). The number of ether oxygens (including phenoxy) is 1. The Balaban J connectivity index is 1.26. The van der Waals surface area contributed by atoms with Gasteiger partial charge in [-0.25, -0.2) is 0 Å². The molecule has 4 aliphatic rings. The number of likely N-dealkylation sites (tertiary alicyclic amines) is 1. The number of hydrogen-bond acceptors (Lipinski definition) is 4. The van der Waals surface area contributed by atoms with Gasteiger partial charge in [0.15, 0.2) is 0 Å². The Morgan fingerprint density at radius 3 is 2.48 bits per heavy atom. The Bertz CT molecular complexity index is 720. The van der Waals surface area contributed by atoms with Crippen molar-refractivity contribution in [2.75, 3.05) is 33.3 Å². The summed E-state index contributed by atoms with van der Waals surface area (Å²) < 4.78 is 5.51. The van der Waals surface area contributed by atoms with Gasteiger partial charge >= 0.3 is 0 Å².